The summed E-state index contributed by atoms with van der Waals surface area (Å²) < 4.78 is 0. The highest BCUT2D eigenvalue weighted by atomic mass is 14.5. The van der Waals surface area contributed by atoms with Crippen LogP contribution in [0.4, 0.5) is 0 Å². The van der Waals surface area contributed by atoms with Crippen LogP contribution in [0.1, 0.15) is 78.4 Å². The van der Waals surface area contributed by atoms with Gasteiger partial charge in [-0.15, -0.1) is 0 Å². The molecule has 2 aliphatic rings. The van der Waals surface area contributed by atoms with Crippen LogP contribution in [0, 0.1) is 5.41 Å². The van der Waals surface area contributed by atoms with E-state index in [1.807, 2.05) is 0 Å². The molecule has 0 nitrogen and oxygen atoms in total. The van der Waals surface area contributed by atoms with E-state index in [0.717, 1.165) is 0 Å². The van der Waals surface area contributed by atoms with Crippen LogP contribution in [-0.4, -0.2) is 0 Å². The molecule has 0 N–H and O–H groups in total. The topological polar surface area (TPSA) is 0 Å². The van der Waals surface area contributed by atoms with Gasteiger partial charge in [-0.2, -0.15) is 0 Å². The molecule has 0 aromatic heterocycles. The third kappa shape index (κ3) is 3.58. The van der Waals surface area contributed by atoms with Gasteiger partial charge in [0, 0.05) is 5.41 Å². The fourth-order valence-corrected chi connectivity index (χ4v) is 4.11. The summed E-state index contributed by atoms with van der Waals surface area (Å²) in [5.41, 5.74) is 6.98. The van der Waals surface area contributed by atoms with Crippen molar-refractivity contribution < 1.29 is 0 Å². The predicted octanol–water partition coefficient (Wildman–Crippen LogP) is 7.61. The van der Waals surface area contributed by atoms with E-state index in [0.29, 0.717) is 10.8 Å². The minimum Gasteiger partial charge on any atom is -0.0776 e. The SMILES string of the molecule is C.CC(C)(C)C.c1ccc2c(c1)-c1ccccc1C21CCCCC1. The third-order valence-electron chi connectivity index (χ3n) is 4.88. The summed E-state index contributed by atoms with van der Waals surface area (Å²) in [4.78, 5) is 0. The lowest BCUT2D eigenvalue weighted by Crippen LogP contribution is -2.27. The van der Waals surface area contributed by atoms with Gasteiger partial charge < -0.3 is 0 Å². The molecule has 0 heteroatoms. The highest BCUT2D eigenvalue weighted by molar-refractivity contribution is 5.81. The molecular weight excluding hydrogens is 288 g/mol. The van der Waals surface area contributed by atoms with Crippen molar-refractivity contribution in [2.24, 2.45) is 5.41 Å². The molecule has 24 heavy (non-hydrogen) atoms. The van der Waals surface area contributed by atoms with Crippen molar-refractivity contribution in [1.29, 1.82) is 0 Å². The van der Waals surface area contributed by atoms with Gasteiger partial charge in [0.05, 0.1) is 0 Å². The fraction of sp³-hybridized carbons (Fsp3) is 0.500. The molecule has 0 saturated heterocycles. The first-order chi connectivity index (χ1) is 10.9. The summed E-state index contributed by atoms with van der Waals surface area (Å²) in [6.07, 6.45) is 6.83. The zero-order valence-corrected chi connectivity index (χ0v) is 15.2. The van der Waals surface area contributed by atoms with Crippen molar-refractivity contribution in [1.82, 2.24) is 0 Å². The summed E-state index contributed by atoms with van der Waals surface area (Å²) in [6, 6.07) is 18.1. The molecule has 0 radical (unpaired) electrons. The van der Waals surface area contributed by atoms with Crippen molar-refractivity contribution >= 4 is 0 Å². The van der Waals surface area contributed by atoms with E-state index in [1.165, 1.54) is 43.2 Å². The van der Waals surface area contributed by atoms with E-state index in [2.05, 4.69) is 76.2 Å². The van der Waals surface area contributed by atoms with Gasteiger partial charge >= 0.3 is 0 Å². The van der Waals surface area contributed by atoms with Crippen molar-refractivity contribution in [2.45, 2.75) is 72.6 Å². The molecule has 0 atom stereocenters. The standard InChI is InChI=1S/C18H18.C5H12.CH4/c1-6-12-18(13-7-1)16-10-4-2-8-14(16)15-9-3-5-11-17(15)18;1-5(2,3)4;/h2-5,8-11H,1,6-7,12-13H2;1-4H3;1H4. The van der Waals surface area contributed by atoms with Crippen LogP contribution in [0.25, 0.3) is 11.1 Å². The molecule has 2 aromatic carbocycles. The van der Waals surface area contributed by atoms with E-state index < -0.39 is 0 Å². The molecule has 1 fully saturated rings. The highest BCUT2D eigenvalue weighted by Crippen LogP contribution is 2.55. The maximum Gasteiger partial charge on any atom is 0.0215 e. The van der Waals surface area contributed by atoms with Crippen LogP contribution in [0.15, 0.2) is 48.5 Å². The normalized spacial score (nSPS) is 17.2. The van der Waals surface area contributed by atoms with Gasteiger partial charge in [-0.3, -0.25) is 0 Å². The summed E-state index contributed by atoms with van der Waals surface area (Å²) in [6.45, 7) is 8.75. The highest BCUT2D eigenvalue weighted by Gasteiger charge is 2.42. The van der Waals surface area contributed by atoms with Gasteiger partial charge in [-0.05, 0) is 40.5 Å². The predicted molar refractivity (Wildman–Crippen MR) is 108 cm³/mol. The summed E-state index contributed by atoms with van der Waals surface area (Å²) in [7, 11) is 0. The number of hydrogen-bond donors (Lipinski definition) is 0. The van der Waals surface area contributed by atoms with Gasteiger partial charge in [0.15, 0.2) is 0 Å². The molecule has 130 valence electrons. The Balaban J connectivity index is 0.000000309. The Morgan fingerprint density at radius 3 is 1.46 bits per heavy atom. The second-order valence-corrected chi connectivity index (χ2v) is 8.73. The van der Waals surface area contributed by atoms with Crippen LogP contribution in [0.2, 0.25) is 0 Å². The minimum absolute atomic E-state index is 0. The van der Waals surface area contributed by atoms with E-state index in [9.17, 15) is 0 Å². The molecule has 0 heterocycles. The Morgan fingerprint density at radius 1 is 0.667 bits per heavy atom. The smallest absolute Gasteiger partial charge is 0.0215 e. The Morgan fingerprint density at radius 2 is 1.04 bits per heavy atom. The number of hydrogen-bond acceptors (Lipinski definition) is 0. The Hall–Kier alpha value is -1.56. The first-order valence-electron chi connectivity index (χ1n) is 9.11. The monoisotopic (exact) mass is 322 g/mol. The largest absolute Gasteiger partial charge is 0.0776 e. The van der Waals surface area contributed by atoms with Crippen LogP contribution >= 0.6 is 0 Å². The van der Waals surface area contributed by atoms with E-state index >= 15 is 0 Å². The molecular formula is C24H34. The van der Waals surface area contributed by atoms with Gasteiger partial charge in [0.25, 0.3) is 0 Å². The fourth-order valence-electron chi connectivity index (χ4n) is 4.11. The van der Waals surface area contributed by atoms with Gasteiger partial charge in [0.2, 0.25) is 0 Å². The molecule has 1 saturated carbocycles. The van der Waals surface area contributed by atoms with Crippen LogP contribution in [0.5, 0.6) is 0 Å². The average Bonchev–Trinajstić information content (AvgIpc) is 2.79. The van der Waals surface area contributed by atoms with Crippen LogP contribution in [0.3, 0.4) is 0 Å². The molecule has 0 bridgehead atoms. The zero-order chi connectivity index (χ0) is 16.5. The molecule has 2 aliphatic carbocycles. The lowest BCUT2D eigenvalue weighted by molar-refractivity contribution is 0.353. The van der Waals surface area contributed by atoms with Gasteiger partial charge in [0.1, 0.15) is 0 Å². The molecule has 2 aromatic rings. The minimum atomic E-state index is 0. The first kappa shape index (κ1) is 18.8. The van der Waals surface area contributed by atoms with Crippen LogP contribution < -0.4 is 0 Å². The maximum atomic E-state index is 2.36. The molecule has 0 unspecified atom stereocenters. The van der Waals surface area contributed by atoms with Crippen molar-refractivity contribution in [3.63, 3.8) is 0 Å². The van der Waals surface area contributed by atoms with Crippen molar-refractivity contribution in [3.8, 4) is 11.1 Å². The van der Waals surface area contributed by atoms with E-state index in [1.54, 1.807) is 11.1 Å². The lowest BCUT2D eigenvalue weighted by atomic mass is 9.68. The number of fused-ring (bicyclic) bond motifs is 5. The Bertz CT molecular complexity index is 613. The molecule has 0 amide bonds. The van der Waals surface area contributed by atoms with E-state index in [4.69, 9.17) is 0 Å². The number of rotatable bonds is 0. The first-order valence-corrected chi connectivity index (χ1v) is 9.11. The maximum absolute atomic E-state index is 2.36. The second-order valence-electron chi connectivity index (χ2n) is 8.73. The van der Waals surface area contributed by atoms with Crippen LogP contribution in [-0.2, 0) is 5.41 Å². The summed E-state index contributed by atoms with van der Waals surface area (Å²) in [5.74, 6) is 0. The zero-order valence-electron chi connectivity index (χ0n) is 15.2. The lowest BCUT2D eigenvalue weighted by Gasteiger charge is -2.35. The number of benzene rings is 2. The summed E-state index contributed by atoms with van der Waals surface area (Å²) in [5, 5.41) is 0. The Labute approximate surface area is 149 Å². The molecule has 0 aliphatic heterocycles. The Kier molecular flexibility index (Phi) is 5.58. The second kappa shape index (κ2) is 7.13. The summed E-state index contributed by atoms with van der Waals surface area (Å²) >= 11 is 0. The molecule has 1 spiro atoms. The third-order valence-corrected chi connectivity index (χ3v) is 4.88. The quantitative estimate of drug-likeness (QED) is 0.468. The van der Waals surface area contributed by atoms with Gasteiger partial charge in [-0.25, -0.2) is 0 Å². The average molecular weight is 323 g/mol. The van der Waals surface area contributed by atoms with Gasteiger partial charge in [-0.1, -0.05) is 103 Å². The van der Waals surface area contributed by atoms with Crippen molar-refractivity contribution in [3.05, 3.63) is 59.7 Å². The van der Waals surface area contributed by atoms with Crippen molar-refractivity contribution in [2.75, 3.05) is 0 Å². The molecule has 4 rings (SSSR count). The van der Waals surface area contributed by atoms with E-state index in [-0.39, 0.29) is 7.43 Å².